The van der Waals surface area contributed by atoms with Crippen molar-refractivity contribution >= 4 is 29.9 Å². The number of carbonyl (C=O) groups is 1. The van der Waals surface area contributed by atoms with Crippen molar-refractivity contribution in [2.75, 3.05) is 49.2 Å². The van der Waals surface area contributed by atoms with Crippen LogP contribution in [0.2, 0.25) is 0 Å². The molecule has 6 nitrogen and oxygen atoms in total. The Hall–Kier alpha value is -1.57. The van der Waals surface area contributed by atoms with Gasteiger partial charge in [-0.1, -0.05) is 6.07 Å². The van der Waals surface area contributed by atoms with Crippen LogP contribution in [0, 0.1) is 5.82 Å². The van der Waals surface area contributed by atoms with E-state index < -0.39 is 6.09 Å². The summed E-state index contributed by atoms with van der Waals surface area (Å²) >= 11 is 0. The number of morpholine rings is 1. The number of hydrogen-bond acceptors (Lipinski definition) is 5. The first-order valence-corrected chi connectivity index (χ1v) is 7.00. The smallest absolute Gasteiger partial charge is 0.414 e. The summed E-state index contributed by atoms with van der Waals surface area (Å²) in [6.45, 7) is 2.88. The second kappa shape index (κ2) is 7.13. The average Bonchev–Trinajstić information content (AvgIpc) is 2.89. The Bertz CT molecular complexity index is 540. The molecule has 0 spiro atoms. The third-order valence-corrected chi connectivity index (χ3v) is 3.72. The SMILES string of the molecule is Cl.NC[C@H]1CN(c2cccc(F)c2N2CCOCC2)C(=O)O1. The van der Waals surface area contributed by atoms with E-state index in [1.165, 1.54) is 11.0 Å². The Morgan fingerprint density at radius 3 is 2.68 bits per heavy atom. The predicted octanol–water partition coefficient (Wildman–Crippen LogP) is 1.37. The maximum atomic E-state index is 14.3. The van der Waals surface area contributed by atoms with Crippen LogP contribution in [0.25, 0.3) is 0 Å². The molecule has 3 rings (SSSR count). The van der Waals surface area contributed by atoms with Gasteiger partial charge in [0.2, 0.25) is 0 Å². The fourth-order valence-corrected chi connectivity index (χ4v) is 2.66. The zero-order valence-corrected chi connectivity index (χ0v) is 12.9. The lowest BCUT2D eigenvalue weighted by atomic mass is 10.2. The third kappa shape index (κ3) is 3.11. The maximum absolute atomic E-state index is 14.3. The van der Waals surface area contributed by atoms with E-state index in [0.29, 0.717) is 44.2 Å². The molecule has 2 saturated heterocycles. The summed E-state index contributed by atoms with van der Waals surface area (Å²) in [6.07, 6.45) is -0.830. The van der Waals surface area contributed by atoms with Gasteiger partial charge in [0.15, 0.2) is 0 Å². The van der Waals surface area contributed by atoms with Gasteiger partial charge in [0.05, 0.1) is 31.1 Å². The van der Waals surface area contributed by atoms with E-state index in [2.05, 4.69) is 0 Å². The van der Waals surface area contributed by atoms with Gasteiger partial charge in [-0.2, -0.15) is 0 Å². The van der Waals surface area contributed by atoms with Crippen molar-refractivity contribution in [2.24, 2.45) is 5.73 Å². The zero-order chi connectivity index (χ0) is 14.8. The van der Waals surface area contributed by atoms with Crippen LogP contribution in [-0.2, 0) is 9.47 Å². The molecule has 122 valence electrons. The van der Waals surface area contributed by atoms with Gasteiger partial charge >= 0.3 is 6.09 Å². The molecule has 2 fully saturated rings. The number of cyclic esters (lactones) is 1. The van der Waals surface area contributed by atoms with Crippen LogP contribution in [0.15, 0.2) is 18.2 Å². The number of anilines is 2. The first-order chi connectivity index (χ1) is 10.2. The molecule has 0 saturated carbocycles. The minimum atomic E-state index is -0.481. The lowest BCUT2D eigenvalue weighted by Gasteiger charge is -2.32. The van der Waals surface area contributed by atoms with Crippen LogP contribution in [0.5, 0.6) is 0 Å². The third-order valence-electron chi connectivity index (χ3n) is 3.72. The fraction of sp³-hybridized carbons (Fsp3) is 0.500. The van der Waals surface area contributed by atoms with E-state index in [0.717, 1.165) is 0 Å². The number of rotatable bonds is 3. The van der Waals surface area contributed by atoms with Crippen LogP contribution < -0.4 is 15.5 Å². The summed E-state index contributed by atoms with van der Waals surface area (Å²) in [6, 6.07) is 4.72. The normalized spacial score (nSPS) is 21.5. The van der Waals surface area contributed by atoms with Gasteiger partial charge in [0.25, 0.3) is 0 Å². The number of carbonyl (C=O) groups excluding carboxylic acids is 1. The number of ether oxygens (including phenoxy) is 2. The largest absolute Gasteiger partial charge is 0.443 e. The van der Waals surface area contributed by atoms with Crippen LogP contribution in [0.1, 0.15) is 0 Å². The Morgan fingerprint density at radius 1 is 1.32 bits per heavy atom. The highest BCUT2D eigenvalue weighted by Crippen LogP contribution is 2.35. The van der Waals surface area contributed by atoms with Gasteiger partial charge in [-0.05, 0) is 12.1 Å². The Balaban J connectivity index is 0.00000176. The summed E-state index contributed by atoms with van der Waals surface area (Å²) in [4.78, 5) is 15.3. The first kappa shape index (κ1) is 16.8. The van der Waals surface area contributed by atoms with E-state index in [4.69, 9.17) is 15.2 Å². The van der Waals surface area contributed by atoms with Crippen molar-refractivity contribution in [3.05, 3.63) is 24.0 Å². The van der Waals surface area contributed by atoms with E-state index in [1.54, 1.807) is 12.1 Å². The molecule has 1 atom stereocenters. The molecule has 0 radical (unpaired) electrons. The molecule has 0 aliphatic carbocycles. The van der Waals surface area contributed by atoms with Gasteiger partial charge < -0.3 is 20.1 Å². The van der Waals surface area contributed by atoms with E-state index in [9.17, 15) is 9.18 Å². The summed E-state index contributed by atoms with van der Waals surface area (Å²) < 4.78 is 24.8. The second-order valence-electron chi connectivity index (χ2n) is 5.06. The summed E-state index contributed by atoms with van der Waals surface area (Å²) in [5, 5.41) is 0. The van der Waals surface area contributed by atoms with Gasteiger partial charge in [0.1, 0.15) is 11.9 Å². The summed E-state index contributed by atoms with van der Waals surface area (Å²) in [7, 11) is 0. The number of para-hydroxylation sites is 1. The molecule has 2 aliphatic rings. The molecular weight excluding hydrogens is 313 g/mol. The Kier molecular flexibility index (Phi) is 5.44. The van der Waals surface area contributed by atoms with Crippen LogP contribution in [0.3, 0.4) is 0 Å². The van der Waals surface area contributed by atoms with Crippen molar-refractivity contribution in [3.63, 3.8) is 0 Å². The van der Waals surface area contributed by atoms with Crippen molar-refractivity contribution < 1.29 is 18.7 Å². The number of amides is 1. The quantitative estimate of drug-likeness (QED) is 0.906. The molecule has 8 heteroatoms. The number of halogens is 2. The number of nitrogens with zero attached hydrogens (tertiary/aromatic N) is 2. The number of nitrogens with two attached hydrogens (primary N) is 1. The van der Waals surface area contributed by atoms with Crippen molar-refractivity contribution in [3.8, 4) is 0 Å². The minimum absolute atomic E-state index is 0. The van der Waals surface area contributed by atoms with Crippen molar-refractivity contribution in [1.29, 1.82) is 0 Å². The molecule has 0 bridgehead atoms. The topological polar surface area (TPSA) is 68.0 Å². The van der Waals surface area contributed by atoms with Crippen LogP contribution in [0.4, 0.5) is 20.6 Å². The van der Waals surface area contributed by atoms with Gasteiger partial charge in [-0.15, -0.1) is 12.4 Å². The molecule has 1 amide bonds. The lowest BCUT2D eigenvalue weighted by molar-refractivity contribution is 0.122. The predicted molar refractivity (Wildman–Crippen MR) is 83.3 cm³/mol. The first-order valence-electron chi connectivity index (χ1n) is 7.00. The fourth-order valence-electron chi connectivity index (χ4n) is 2.66. The molecule has 0 unspecified atom stereocenters. The van der Waals surface area contributed by atoms with E-state index in [-0.39, 0.29) is 30.9 Å². The molecule has 2 heterocycles. The molecule has 1 aromatic rings. The number of hydrogen-bond donors (Lipinski definition) is 1. The second-order valence-corrected chi connectivity index (χ2v) is 5.06. The number of benzene rings is 1. The summed E-state index contributed by atoms with van der Waals surface area (Å²) in [5.41, 5.74) is 6.49. The average molecular weight is 332 g/mol. The molecule has 1 aromatic carbocycles. The standard InChI is InChI=1S/C14H18FN3O3.ClH/c15-11-2-1-3-12(13(11)17-4-6-20-7-5-17)18-9-10(8-16)21-14(18)19;/h1-3,10H,4-9,16H2;1H/t10-;/m0./s1. The highest BCUT2D eigenvalue weighted by atomic mass is 35.5. The molecule has 2 aliphatic heterocycles. The molecule has 2 N–H and O–H groups in total. The minimum Gasteiger partial charge on any atom is -0.443 e. The molecule has 0 aromatic heterocycles. The van der Waals surface area contributed by atoms with Gasteiger partial charge in [0, 0.05) is 19.6 Å². The Morgan fingerprint density at radius 2 is 2.05 bits per heavy atom. The van der Waals surface area contributed by atoms with Gasteiger partial charge in [-0.25, -0.2) is 9.18 Å². The Labute approximate surface area is 134 Å². The van der Waals surface area contributed by atoms with Crippen molar-refractivity contribution in [2.45, 2.75) is 6.10 Å². The van der Waals surface area contributed by atoms with Crippen molar-refractivity contribution in [1.82, 2.24) is 0 Å². The van der Waals surface area contributed by atoms with E-state index >= 15 is 0 Å². The van der Waals surface area contributed by atoms with E-state index in [1.807, 2.05) is 4.90 Å². The monoisotopic (exact) mass is 331 g/mol. The van der Waals surface area contributed by atoms with Gasteiger partial charge in [-0.3, -0.25) is 4.90 Å². The zero-order valence-electron chi connectivity index (χ0n) is 12.0. The highest BCUT2D eigenvalue weighted by molar-refractivity contribution is 5.94. The van der Waals surface area contributed by atoms with Crippen LogP contribution in [-0.4, -0.2) is 51.6 Å². The highest BCUT2D eigenvalue weighted by Gasteiger charge is 2.34. The molecule has 22 heavy (non-hydrogen) atoms. The maximum Gasteiger partial charge on any atom is 0.414 e. The lowest BCUT2D eigenvalue weighted by Crippen LogP contribution is -2.38. The van der Waals surface area contributed by atoms with Crippen LogP contribution >= 0.6 is 12.4 Å². The molecular formula is C14H19ClFN3O3. The summed E-state index contributed by atoms with van der Waals surface area (Å²) in [5.74, 6) is -0.349.